The molecule has 0 spiro atoms. The molecule has 0 aliphatic heterocycles. The van der Waals surface area contributed by atoms with Crippen LogP contribution in [-0.2, 0) is 13.1 Å². The minimum absolute atomic E-state index is 0.00963. The Morgan fingerprint density at radius 1 is 1.47 bits per heavy atom. The van der Waals surface area contributed by atoms with Crippen LogP contribution in [-0.4, -0.2) is 29.2 Å². The van der Waals surface area contributed by atoms with Crippen LogP contribution in [0, 0.1) is 10.1 Å². The summed E-state index contributed by atoms with van der Waals surface area (Å²) in [5.74, 6) is 0.464. The quantitative estimate of drug-likeness (QED) is 0.564. The van der Waals surface area contributed by atoms with Gasteiger partial charge < -0.3 is 0 Å². The van der Waals surface area contributed by atoms with Crippen molar-refractivity contribution in [3.8, 4) is 0 Å². The molecule has 0 radical (unpaired) electrons. The average molecular weight is 266 g/mol. The summed E-state index contributed by atoms with van der Waals surface area (Å²) < 4.78 is 2.55. The maximum Gasteiger partial charge on any atom is 0.350 e. The zero-order chi connectivity index (χ0) is 14.0. The van der Waals surface area contributed by atoms with E-state index in [2.05, 4.69) is 10.1 Å². The zero-order valence-corrected chi connectivity index (χ0v) is 9.94. The number of nitrogens with zero attached hydrogens (tertiary/aromatic N) is 5. The van der Waals surface area contributed by atoms with Crippen LogP contribution >= 0.6 is 0 Å². The molecule has 100 valence electrons. The summed E-state index contributed by atoms with van der Waals surface area (Å²) >= 11 is 0. The highest BCUT2D eigenvalue weighted by atomic mass is 16.6. The molecule has 2 aromatic rings. The van der Waals surface area contributed by atoms with E-state index >= 15 is 0 Å². The van der Waals surface area contributed by atoms with E-state index < -0.39 is 21.9 Å². The van der Waals surface area contributed by atoms with E-state index in [9.17, 15) is 19.7 Å². The fourth-order valence-corrected chi connectivity index (χ4v) is 1.57. The van der Waals surface area contributed by atoms with Crippen molar-refractivity contribution < 1.29 is 4.92 Å². The molecule has 0 unspecified atom stereocenters. The van der Waals surface area contributed by atoms with Crippen molar-refractivity contribution in [3.05, 3.63) is 49.3 Å². The molecular formula is C9H10N6O4. The normalized spacial score (nSPS) is 10.6. The standard InChI is InChI=1S/C9H10N6O4/c1-2-14-7(10-5-11-14)4-13-3-6(15(18)19)8(16)12-9(13)17/h3,5H,2,4H2,1H3,(H,12,16,17). The third kappa shape index (κ3) is 2.41. The van der Waals surface area contributed by atoms with Gasteiger partial charge in [0, 0.05) is 6.54 Å². The summed E-state index contributed by atoms with van der Waals surface area (Å²) in [4.78, 5) is 38.4. The van der Waals surface area contributed by atoms with Gasteiger partial charge in [-0.05, 0) is 6.92 Å². The van der Waals surface area contributed by atoms with Gasteiger partial charge in [-0.2, -0.15) is 5.10 Å². The Morgan fingerprint density at radius 2 is 2.21 bits per heavy atom. The monoisotopic (exact) mass is 266 g/mol. The molecule has 1 N–H and O–H groups in total. The summed E-state index contributed by atoms with van der Waals surface area (Å²) in [7, 11) is 0. The lowest BCUT2D eigenvalue weighted by Crippen LogP contribution is -2.31. The number of aryl methyl sites for hydroxylation is 1. The Bertz CT molecular complexity index is 727. The van der Waals surface area contributed by atoms with E-state index in [1.54, 1.807) is 4.68 Å². The molecule has 2 rings (SSSR count). The van der Waals surface area contributed by atoms with Crippen LogP contribution in [0.5, 0.6) is 0 Å². The molecule has 10 nitrogen and oxygen atoms in total. The Kier molecular flexibility index (Phi) is 3.23. The Labute approximate surface area is 105 Å². The van der Waals surface area contributed by atoms with Crippen molar-refractivity contribution in [1.29, 1.82) is 0 Å². The number of hydrogen-bond acceptors (Lipinski definition) is 6. The first-order valence-corrected chi connectivity index (χ1v) is 5.37. The van der Waals surface area contributed by atoms with Crippen LogP contribution in [0.15, 0.2) is 22.1 Å². The Balaban J connectivity index is 2.46. The minimum Gasteiger partial charge on any atom is -0.286 e. The average Bonchev–Trinajstić information content (AvgIpc) is 2.79. The largest absolute Gasteiger partial charge is 0.350 e. The highest BCUT2D eigenvalue weighted by molar-refractivity contribution is 5.21. The van der Waals surface area contributed by atoms with E-state index in [1.165, 1.54) is 6.33 Å². The second kappa shape index (κ2) is 4.84. The second-order valence-corrected chi connectivity index (χ2v) is 3.65. The van der Waals surface area contributed by atoms with Gasteiger partial charge >= 0.3 is 16.9 Å². The maximum absolute atomic E-state index is 11.6. The molecule has 0 saturated heterocycles. The van der Waals surface area contributed by atoms with Crippen molar-refractivity contribution >= 4 is 5.69 Å². The van der Waals surface area contributed by atoms with E-state index in [0.717, 1.165) is 10.8 Å². The fraction of sp³-hybridized carbons (Fsp3) is 0.333. The van der Waals surface area contributed by atoms with Crippen LogP contribution in [0.4, 0.5) is 5.69 Å². The maximum atomic E-state index is 11.6. The van der Waals surface area contributed by atoms with E-state index in [0.29, 0.717) is 12.4 Å². The molecule has 19 heavy (non-hydrogen) atoms. The molecule has 2 aromatic heterocycles. The molecule has 0 fully saturated rings. The first kappa shape index (κ1) is 12.7. The molecule has 0 atom stereocenters. The number of aromatic nitrogens is 5. The van der Waals surface area contributed by atoms with Crippen molar-refractivity contribution in [2.75, 3.05) is 0 Å². The van der Waals surface area contributed by atoms with Crippen molar-refractivity contribution in [1.82, 2.24) is 24.3 Å². The van der Waals surface area contributed by atoms with Crippen LogP contribution in [0.2, 0.25) is 0 Å². The van der Waals surface area contributed by atoms with E-state index in [4.69, 9.17) is 0 Å². The predicted molar refractivity (Wildman–Crippen MR) is 62.8 cm³/mol. The van der Waals surface area contributed by atoms with Crippen molar-refractivity contribution in [2.24, 2.45) is 0 Å². The van der Waals surface area contributed by atoms with Gasteiger partial charge in [0.25, 0.3) is 0 Å². The molecule has 0 aromatic carbocycles. The zero-order valence-electron chi connectivity index (χ0n) is 9.94. The minimum atomic E-state index is -1.02. The van der Waals surface area contributed by atoms with Gasteiger partial charge in [0.05, 0.1) is 17.7 Å². The van der Waals surface area contributed by atoms with E-state index in [-0.39, 0.29) is 6.54 Å². The summed E-state index contributed by atoms with van der Waals surface area (Å²) in [5.41, 5.74) is -2.45. The molecule has 0 aliphatic rings. The van der Waals surface area contributed by atoms with E-state index in [1.807, 2.05) is 11.9 Å². The summed E-state index contributed by atoms with van der Waals surface area (Å²) in [6.45, 7) is 2.39. The smallest absolute Gasteiger partial charge is 0.286 e. The molecular weight excluding hydrogens is 256 g/mol. The molecule has 2 heterocycles. The number of rotatable bonds is 4. The van der Waals surface area contributed by atoms with Gasteiger partial charge in [-0.25, -0.2) is 14.5 Å². The fourth-order valence-electron chi connectivity index (χ4n) is 1.57. The number of aromatic amines is 1. The lowest BCUT2D eigenvalue weighted by atomic mass is 10.5. The lowest BCUT2D eigenvalue weighted by molar-refractivity contribution is -0.386. The van der Waals surface area contributed by atoms with Gasteiger partial charge in [0.2, 0.25) is 0 Å². The topological polar surface area (TPSA) is 129 Å². The van der Waals surface area contributed by atoms with Crippen molar-refractivity contribution in [3.63, 3.8) is 0 Å². The van der Waals surface area contributed by atoms with Gasteiger partial charge in [0.15, 0.2) is 0 Å². The first-order chi connectivity index (χ1) is 9.02. The van der Waals surface area contributed by atoms with Gasteiger partial charge in [-0.3, -0.25) is 24.5 Å². The highest BCUT2D eigenvalue weighted by Gasteiger charge is 2.16. The van der Waals surface area contributed by atoms with Crippen molar-refractivity contribution in [2.45, 2.75) is 20.0 Å². The number of nitrogens with one attached hydrogen (secondary N) is 1. The molecule has 10 heteroatoms. The van der Waals surface area contributed by atoms with Gasteiger partial charge in [-0.15, -0.1) is 0 Å². The van der Waals surface area contributed by atoms with Crippen LogP contribution in [0.25, 0.3) is 0 Å². The number of nitro groups is 1. The molecule has 0 amide bonds. The summed E-state index contributed by atoms with van der Waals surface area (Å²) in [5, 5.41) is 14.6. The third-order valence-electron chi connectivity index (χ3n) is 2.50. The van der Waals surface area contributed by atoms with Crippen LogP contribution < -0.4 is 11.2 Å². The summed E-state index contributed by atoms with van der Waals surface area (Å²) in [6.07, 6.45) is 2.22. The predicted octanol–water partition coefficient (Wildman–Crippen LogP) is -0.896. The highest BCUT2D eigenvalue weighted by Crippen LogP contribution is 2.01. The number of H-pyrrole nitrogens is 1. The SMILES string of the molecule is CCn1ncnc1Cn1cc([N+](=O)[O-])c(=O)[nH]c1=O. The second-order valence-electron chi connectivity index (χ2n) is 3.65. The first-order valence-electron chi connectivity index (χ1n) is 5.37. The lowest BCUT2D eigenvalue weighted by Gasteiger charge is -2.05. The summed E-state index contributed by atoms with van der Waals surface area (Å²) in [6, 6.07) is 0. The molecule has 0 saturated carbocycles. The van der Waals surface area contributed by atoms with Crippen LogP contribution in [0.1, 0.15) is 12.7 Å². The Hall–Kier alpha value is -2.78. The van der Waals surface area contributed by atoms with Gasteiger partial charge in [-0.1, -0.05) is 0 Å². The third-order valence-corrected chi connectivity index (χ3v) is 2.50. The van der Waals surface area contributed by atoms with Gasteiger partial charge in [0.1, 0.15) is 12.2 Å². The Morgan fingerprint density at radius 3 is 2.84 bits per heavy atom. The number of hydrogen-bond donors (Lipinski definition) is 1. The van der Waals surface area contributed by atoms with Crippen LogP contribution in [0.3, 0.4) is 0 Å². The molecule has 0 aliphatic carbocycles. The molecule has 0 bridgehead atoms.